The Balaban J connectivity index is 3.00. The molecule has 1 aromatic rings. The average Bonchev–Trinajstić information content (AvgIpc) is 2.43. The van der Waals surface area contributed by atoms with Crippen LogP contribution in [-0.4, -0.2) is 25.5 Å². The Kier molecular flexibility index (Phi) is 6.16. The normalized spacial score (nSPS) is 13.1. The first-order valence-electron chi connectivity index (χ1n) is 6.75. The fraction of sp³-hybridized carbons (Fsp3) is 0.500. The van der Waals surface area contributed by atoms with E-state index in [0.717, 1.165) is 6.42 Å². The monoisotopic (exact) mass is 299 g/mol. The van der Waals surface area contributed by atoms with E-state index in [1.165, 1.54) is 6.07 Å². The Bertz CT molecular complexity index is 554. The van der Waals surface area contributed by atoms with E-state index in [4.69, 9.17) is 5.11 Å². The second-order valence-corrected chi connectivity index (χ2v) is 6.30. The molecular formula is C14H21NO4S. The minimum atomic E-state index is -3.81. The number of carbonyl (C=O) groups is 1. The van der Waals surface area contributed by atoms with Crippen LogP contribution in [0.2, 0.25) is 0 Å². The molecule has 0 aliphatic heterocycles. The first-order chi connectivity index (χ1) is 9.42. The van der Waals surface area contributed by atoms with E-state index in [9.17, 15) is 13.2 Å². The molecule has 5 nitrogen and oxygen atoms in total. The lowest BCUT2D eigenvalue weighted by Crippen LogP contribution is -2.40. The van der Waals surface area contributed by atoms with Gasteiger partial charge >= 0.3 is 5.97 Å². The average molecular weight is 299 g/mol. The van der Waals surface area contributed by atoms with Gasteiger partial charge in [0.05, 0.1) is 4.90 Å². The molecule has 0 saturated carbocycles. The van der Waals surface area contributed by atoms with Crippen molar-refractivity contribution < 1.29 is 18.3 Å². The summed E-state index contributed by atoms with van der Waals surface area (Å²) in [5.74, 6) is -1.14. The van der Waals surface area contributed by atoms with E-state index in [1.807, 2.05) is 13.8 Å². The number of benzene rings is 1. The lowest BCUT2D eigenvalue weighted by Gasteiger charge is -2.16. The first kappa shape index (κ1) is 16.7. The van der Waals surface area contributed by atoms with Crippen molar-refractivity contribution in [3.05, 3.63) is 29.8 Å². The van der Waals surface area contributed by atoms with Gasteiger partial charge in [-0.1, -0.05) is 44.9 Å². The predicted octanol–water partition coefficient (Wildman–Crippen LogP) is 2.17. The number of sulfonamides is 1. The Morgan fingerprint density at radius 2 is 1.95 bits per heavy atom. The number of aliphatic carboxylic acids is 1. The van der Waals surface area contributed by atoms with Crippen molar-refractivity contribution in [1.29, 1.82) is 0 Å². The van der Waals surface area contributed by atoms with Gasteiger partial charge in [-0.2, -0.15) is 4.72 Å². The zero-order chi connectivity index (χ0) is 15.2. The second-order valence-electron chi connectivity index (χ2n) is 4.62. The fourth-order valence-electron chi connectivity index (χ4n) is 1.95. The molecule has 0 fully saturated rings. The number of nitrogens with one attached hydrogen (secondary N) is 1. The molecule has 0 heterocycles. The van der Waals surface area contributed by atoms with Gasteiger partial charge in [0, 0.05) is 0 Å². The van der Waals surface area contributed by atoms with Gasteiger partial charge in [-0.3, -0.25) is 4.79 Å². The van der Waals surface area contributed by atoms with Gasteiger partial charge in [0.1, 0.15) is 6.04 Å². The third-order valence-electron chi connectivity index (χ3n) is 3.08. The molecule has 0 amide bonds. The van der Waals surface area contributed by atoms with Gasteiger partial charge in [0.25, 0.3) is 0 Å². The third-order valence-corrected chi connectivity index (χ3v) is 4.66. The van der Waals surface area contributed by atoms with Crippen LogP contribution in [0.1, 0.15) is 38.7 Å². The highest BCUT2D eigenvalue weighted by molar-refractivity contribution is 7.89. The number of unbranched alkanes of at least 4 members (excludes halogenated alkanes) is 1. The Labute approximate surface area is 120 Å². The maximum atomic E-state index is 12.3. The van der Waals surface area contributed by atoms with Crippen LogP contribution >= 0.6 is 0 Å². The summed E-state index contributed by atoms with van der Waals surface area (Å²) in [7, 11) is -3.81. The van der Waals surface area contributed by atoms with Crippen LogP contribution < -0.4 is 4.72 Å². The molecule has 0 saturated heterocycles. The molecule has 20 heavy (non-hydrogen) atoms. The minimum absolute atomic E-state index is 0.158. The van der Waals surface area contributed by atoms with Gasteiger partial charge in [-0.15, -0.1) is 0 Å². The summed E-state index contributed by atoms with van der Waals surface area (Å²) in [5, 5.41) is 9.11. The highest BCUT2D eigenvalue weighted by atomic mass is 32.2. The zero-order valence-electron chi connectivity index (χ0n) is 11.8. The maximum absolute atomic E-state index is 12.3. The van der Waals surface area contributed by atoms with Crippen LogP contribution in [0.15, 0.2) is 29.2 Å². The molecule has 2 N–H and O–H groups in total. The summed E-state index contributed by atoms with van der Waals surface area (Å²) in [6.07, 6.45) is 2.34. The van der Waals surface area contributed by atoms with Gasteiger partial charge in [0.2, 0.25) is 10.0 Å². The largest absolute Gasteiger partial charge is 0.480 e. The van der Waals surface area contributed by atoms with E-state index >= 15 is 0 Å². The van der Waals surface area contributed by atoms with Gasteiger partial charge in [-0.05, 0) is 24.5 Å². The van der Waals surface area contributed by atoms with Gasteiger partial charge < -0.3 is 5.11 Å². The standard InChI is InChI=1S/C14H21NO4S/c1-3-5-9-12(14(16)17)15-20(18,19)13-10-7-6-8-11(13)4-2/h6-8,10,12,15H,3-5,9H2,1-2H3,(H,16,17). The first-order valence-corrected chi connectivity index (χ1v) is 8.23. The van der Waals surface area contributed by atoms with Crippen LogP contribution in [0.3, 0.4) is 0 Å². The number of aryl methyl sites for hydroxylation is 1. The smallest absolute Gasteiger partial charge is 0.321 e. The molecule has 0 aliphatic rings. The van der Waals surface area contributed by atoms with Crippen molar-refractivity contribution in [3.8, 4) is 0 Å². The highest BCUT2D eigenvalue weighted by Crippen LogP contribution is 2.17. The van der Waals surface area contributed by atoms with Crippen molar-refractivity contribution in [2.45, 2.75) is 50.5 Å². The number of carboxylic acid groups (broad SMARTS) is 1. The van der Waals surface area contributed by atoms with E-state index in [2.05, 4.69) is 4.72 Å². The lowest BCUT2D eigenvalue weighted by atomic mass is 10.1. The second kappa shape index (κ2) is 7.40. The number of hydrogen-bond donors (Lipinski definition) is 2. The third kappa shape index (κ3) is 4.31. The van der Waals surface area contributed by atoms with Crippen LogP contribution in [0.5, 0.6) is 0 Å². The van der Waals surface area contributed by atoms with E-state index < -0.39 is 22.0 Å². The summed E-state index contributed by atoms with van der Waals surface area (Å²) < 4.78 is 26.9. The Hall–Kier alpha value is -1.40. The molecule has 6 heteroatoms. The lowest BCUT2D eigenvalue weighted by molar-refractivity contribution is -0.139. The molecule has 0 aliphatic carbocycles. The summed E-state index contributed by atoms with van der Waals surface area (Å²) in [6.45, 7) is 3.79. The van der Waals surface area contributed by atoms with Crippen LogP contribution in [0, 0.1) is 0 Å². The number of rotatable bonds is 8. The molecular weight excluding hydrogens is 278 g/mol. The summed E-state index contributed by atoms with van der Waals surface area (Å²) in [5.41, 5.74) is 0.680. The SMILES string of the molecule is CCCCC(NS(=O)(=O)c1ccccc1CC)C(=O)O. The summed E-state index contributed by atoms with van der Waals surface area (Å²) >= 11 is 0. The predicted molar refractivity (Wildman–Crippen MR) is 77.1 cm³/mol. The van der Waals surface area contributed by atoms with Gasteiger partial charge in [-0.25, -0.2) is 8.42 Å². The fourth-order valence-corrected chi connectivity index (χ4v) is 3.49. The number of hydrogen-bond acceptors (Lipinski definition) is 3. The highest BCUT2D eigenvalue weighted by Gasteiger charge is 2.26. The molecule has 1 aromatic carbocycles. The summed E-state index contributed by atoms with van der Waals surface area (Å²) in [4.78, 5) is 11.3. The summed E-state index contributed by atoms with van der Waals surface area (Å²) in [6, 6.07) is 5.56. The molecule has 0 aromatic heterocycles. The van der Waals surface area contributed by atoms with Gasteiger partial charge in [0.15, 0.2) is 0 Å². The van der Waals surface area contributed by atoms with Crippen molar-refractivity contribution >= 4 is 16.0 Å². The quantitative estimate of drug-likeness (QED) is 0.770. The van der Waals surface area contributed by atoms with Crippen molar-refractivity contribution in [3.63, 3.8) is 0 Å². The number of carboxylic acids is 1. The molecule has 1 atom stereocenters. The molecule has 112 valence electrons. The molecule has 1 unspecified atom stereocenters. The minimum Gasteiger partial charge on any atom is -0.480 e. The zero-order valence-corrected chi connectivity index (χ0v) is 12.6. The maximum Gasteiger partial charge on any atom is 0.321 e. The molecule has 1 rings (SSSR count). The van der Waals surface area contributed by atoms with E-state index in [1.54, 1.807) is 18.2 Å². The molecule has 0 radical (unpaired) electrons. The van der Waals surface area contributed by atoms with Crippen molar-refractivity contribution in [2.24, 2.45) is 0 Å². The van der Waals surface area contributed by atoms with Crippen LogP contribution in [0.4, 0.5) is 0 Å². The van der Waals surface area contributed by atoms with Crippen molar-refractivity contribution in [2.75, 3.05) is 0 Å². The van der Waals surface area contributed by atoms with Crippen LogP contribution in [0.25, 0.3) is 0 Å². The molecule has 0 bridgehead atoms. The van der Waals surface area contributed by atoms with Crippen LogP contribution in [-0.2, 0) is 21.2 Å². The topological polar surface area (TPSA) is 83.5 Å². The van der Waals surface area contributed by atoms with E-state index in [0.29, 0.717) is 24.8 Å². The van der Waals surface area contributed by atoms with Crippen molar-refractivity contribution in [1.82, 2.24) is 4.72 Å². The van der Waals surface area contributed by atoms with E-state index in [-0.39, 0.29) is 4.90 Å². The Morgan fingerprint density at radius 3 is 2.50 bits per heavy atom. The molecule has 0 spiro atoms. The Morgan fingerprint density at radius 1 is 1.30 bits per heavy atom.